The molecule has 0 aliphatic heterocycles. The van der Waals surface area contributed by atoms with E-state index in [1.165, 1.54) is 25.7 Å². The predicted octanol–water partition coefficient (Wildman–Crippen LogP) is 8.69. The van der Waals surface area contributed by atoms with E-state index in [0.29, 0.717) is 0 Å². The Labute approximate surface area is 203 Å². The van der Waals surface area contributed by atoms with Crippen molar-refractivity contribution in [3.05, 3.63) is 0 Å². The van der Waals surface area contributed by atoms with Gasteiger partial charge in [0.1, 0.15) is 11.2 Å². The second kappa shape index (κ2) is 10.8. The van der Waals surface area contributed by atoms with Gasteiger partial charge in [0.25, 0.3) is 0 Å². The Kier molecular flexibility index (Phi) is 9.97. The van der Waals surface area contributed by atoms with Crippen LogP contribution < -0.4 is 0 Å². The van der Waals surface area contributed by atoms with E-state index < -0.39 is 27.8 Å². The van der Waals surface area contributed by atoms with Crippen molar-refractivity contribution in [3.63, 3.8) is 0 Å². The Balaban J connectivity index is 3.30. The molecule has 0 spiro atoms. The van der Waals surface area contributed by atoms with E-state index in [9.17, 15) is 0 Å². The Morgan fingerprint density at radius 2 is 0.906 bits per heavy atom. The maximum atomic E-state index is 6.95. The van der Waals surface area contributed by atoms with Crippen LogP contribution in [0.2, 0.25) is 36.3 Å². The quantitative estimate of drug-likeness (QED) is 0.298. The number of hydrogen-bond acceptors (Lipinski definition) is 2. The molecule has 0 heterocycles. The molecule has 0 fully saturated rings. The molecule has 0 saturated heterocycles. The Hall–Kier alpha value is -0.526. The molecule has 4 heteroatoms. The molecule has 0 radical (unpaired) electrons. The first-order valence-electron chi connectivity index (χ1n) is 12.7. The number of rotatable bonds is 4. The van der Waals surface area contributed by atoms with E-state index >= 15 is 0 Å². The van der Waals surface area contributed by atoms with E-state index in [0.717, 1.165) is 25.7 Å². The molecule has 1 aliphatic carbocycles. The molecule has 0 amide bonds. The van der Waals surface area contributed by atoms with E-state index in [1.807, 2.05) is 0 Å². The highest BCUT2D eigenvalue weighted by Crippen LogP contribution is 2.43. The van der Waals surface area contributed by atoms with Gasteiger partial charge >= 0.3 is 0 Å². The maximum absolute atomic E-state index is 6.95. The Bertz CT molecular complexity index is 670. The van der Waals surface area contributed by atoms with Gasteiger partial charge < -0.3 is 8.85 Å². The van der Waals surface area contributed by atoms with Gasteiger partial charge in [-0.1, -0.05) is 66.2 Å². The van der Waals surface area contributed by atoms with E-state index in [4.69, 9.17) is 8.85 Å². The molecule has 2 atom stereocenters. The molecular weight excluding hydrogens is 424 g/mol. The van der Waals surface area contributed by atoms with Crippen LogP contribution in [0, 0.1) is 23.7 Å². The number of hydrogen-bond donors (Lipinski definition) is 0. The van der Waals surface area contributed by atoms with Crippen LogP contribution in [-0.4, -0.2) is 27.8 Å². The third-order valence-corrected chi connectivity index (χ3v) is 16.9. The summed E-state index contributed by atoms with van der Waals surface area (Å²) in [6, 6.07) is 0. The maximum Gasteiger partial charge on any atom is 0.194 e. The van der Waals surface area contributed by atoms with Gasteiger partial charge in [-0.25, -0.2) is 0 Å². The summed E-state index contributed by atoms with van der Waals surface area (Å²) in [5.74, 6) is 14.1. The summed E-state index contributed by atoms with van der Waals surface area (Å²) in [6.07, 6.45) is 8.39. The van der Waals surface area contributed by atoms with Crippen LogP contribution in [0.15, 0.2) is 0 Å². The van der Waals surface area contributed by atoms with Crippen LogP contribution in [0.5, 0.6) is 0 Å². The summed E-state index contributed by atoms with van der Waals surface area (Å²) in [4.78, 5) is 0. The SMILES string of the molecule is CC1(O[Si](C)(C)C(C)(C)C)C#CCCCCCCC#CC(C)(O[Si](C)(C)C(C)(C)C)CC1. The second-order valence-electron chi connectivity index (χ2n) is 13.2. The summed E-state index contributed by atoms with van der Waals surface area (Å²) in [7, 11) is -3.93. The fourth-order valence-electron chi connectivity index (χ4n) is 3.47. The van der Waals surface area contributed by atoms with Crippen molar-refractivity contribution >= 4 is 16.6 Å². The first kappa shape index (κ1) is 29.5. The zero-order valence-corrected chi connectivity index (χ0v) is 25.5. The summed E-state index contributed by atoms with van der Waals surface area (Å²) < 4.78 is 13.9. The molecule has 1 aliphatic rings. The van der Waals surface area contributed by atoms with Gasteiger partial charge in [0.2, 0.25) is 0 Å². The second-order valence-corrected chi connectivity index (χ2v) is 22.7. The van der Waals surface area contributed by atoms with Crippen molar-refractivity contribution in [3.8, 4) is 23.7 Å². The first-order valence-corrected chi connectivity index (χ1v) is 18.5. The molecule has 0 aromatic rings. The first-order chi connectivity index (χ1) is 14.3. The highest BCUT2D eigenvalue weighted by Gasteiger charge is 2.45. The predicted molar refractivity (Wildman–Crippen MR) is 146 cm³/mol. The fourth-order valence-corrected chi connectivity index (χ4v) is 6.64. The summed E-state index contributed by atoms with van der Waals surface area (Å²) in [6.45, 7) is 27.5. The van der Waals surface area contributed by atoms with Crippen molar-refractivity contribution < 1.29 is 8.85 Å². The highest BCUT2D eigenvalue weighted by molar-refractivity contribution is 6.74. The molecular formula is C28H52O2Si2. The van der Waals surface area contributed by atoms with Crippen molar-refractivity contribution in [2.75, 3.05) is 0 Å². The summed E-state index contributed by atoms with van der Waals surface area (Å²) >= 11 is 0. The standard InChI is InChI=1S/C28H52O2Si2/c1-25(2,3)31(9,10)29-27(7)21-19-17-15-13-14-16-18-20-22-28(8,24-23-27)30-32(11,12)26(4,5)6/h13-18,23-24H2,1-12H3. The van der Waals surface area contributed by atoms with E-state index in [2.05, 4.69) is 105 Å². The average molecular weight is 477 g/mol. The van der Waals surface area contributed by atoms with Gasteiger partial charge in [-0.3, -0.25) is 0 Å². The van der Waals surface area contributed by atoms with Crippen molar-refractivity contribution in [2.24, 2.45) is 0 Å². The molecule has 0 N–H and O–H groups in total. The summed E-state index contributed by atoms with van der Waals surface area (Å²) in [5, 5.41) is 0.301. The fraction of sp³-hybridized carbons (Fsp3) is 0.857. The topological polar surface area (TPSA) is 18.5 Å². The lowest BCUT2D eigenvalue weighted by molar-refractivity contribution is 0.0699. The van der Waals surface area contributed by atoms with Crippen LogP contribution in [0.3, 0.4) is 0 Å². The van der Waals surface area contributed by atoms with Gasteiger partial charge in [-0.05, 0) is 75.8 Å². The highest BCUT2D eigenvalue weighted by atomic mass is 28.4. The van der Waals surface area contributed by atoms with Crippen molar-refractivity contribution in [2.45, 2.75) is 154 Å². The monoisotopic (exact) mass is 476 g/mol. The smallest absolute Gasteiger partial charge is 0.194 e. The zero-order chi connectivity index (χ0) is 24.9. The minimum atomic E-state index is -1.97. The molecule has 0 saturated carbocycles. The lowest BCUT2D eigenvalue weighted by Crippen LogP contribution is -2.50. The van der Waals surface area contributed by atoms with Crippen molar-refractivity contribution in [1.29, 1.82) is 0 Å². The van der Waals surface area contributed by atoms with Crippen LogP contribution in [0.1, 0.15) is 107 Å². The molecule has 2 nitrogen and oxygen atoms in total. The summed E-state index contributed by atoms with van der Waals surface area (Å²) in [5.41, 5.74) is -0.931. The van der Waals surface area contributed by atoms with Gasteiger partial charge in [0.05, 0.1) is 0 Å². The van der Waals surface area contributed by atoms with Gasteiger partial charge in [0, 0.05) is 12.8 Å². The van der Waals surface area contributed by atoms with Crippen molar-refractivity contribution in [1.82, 2.24) is 0 Å². The van der Waals surface area contributed by atoms with E-state index in [-0.39, 0.29) is 10.1 Å². The largest absolute Gasteiger partial charge is 0.401 e. The average Bonchev–Trinajstić information content (AvgIpc) is 2.58. The van der Waals surface area contributed by atoms with Gasteiger partial charge in [-0.15, -0.1) is 11.8 Å². The van der Waals surface area contributed by atoms with Gasteiger partial charge in [0.15, 0.2) is 16.6 Å². The Morgan fingerprint density at radius 1 is 0.594 bits per heavy atom. The lowest BCUT2D eigenvalue weighted by atomic mass is 9.91. The Morgan fingerprint density at radius 3 is 1.19 bits per heavy atom. The zero-order valence-electron chi connectivity index (χ0n) is 23.5. The molecule has 184 valence electrons. The lowest BCUT2D eigenvalue weighted by Gasteiger charge is -2.45. The molecule has 2 unspecified atom stereocenters. The molecule has 1 rings (SSSR count). The molecule has 0 aromatic carbocycles. The minimum Gasteiger partial charge on any atom is -0.401 e. The molecule has 32 heavy (non-hydrogen) atoms. The normalized spacial score (nSPS) is 26.9. The van der Waals surface area contributed by atoms with Crippen LogP contribution in [0.25, 0.3) is 0 Å². The van der Waals surface area contributed by atoms with Crippen LogP contribution >= 0.6 is 0 Å². The minimum absolute atomic E-state index is 0.150. The third-order valence-electron chi connectivity index (χ3n) is 7.71. The third kappa shape index (κ3) is 9.02. The van der Waals surface area contributed by atoms with Crippen LogP contribution in [0.4, 0.5) is 0 Å². The van der Waals surface area contributed by atoms with Gasteiger partial charge in [-0.2, -0.15) is 0 Å². The van der Waals surface area contributed by atoms with Crippen LogP contribution in [-0.2, 0) is 8.85 Å². The van der Waals surface area contributed by atoms with E-state index in [1.54, 1.807) is 0 Å². The molecule has 0 bridgehead atoms. The molecule has 0 aromatic heterocycles.